The molecule has 1 aromatic rings. The van der Waals surface area contributed by atoms with Crippen molar-refractivity contribution in [3.05, 3.63) is 35.9 Å². The zero-order valence-corrected chi connectivity index (χ0v) is 11.0. The molecular formula is C14H19NO3. The monoisotopic (exact) mass is 249 g/mol. The molecule has 1 rings (SSSR count). The number of hydrogen-bond acceptors (Lipinski definition) is 3. The van der Waals surface area contributed by atoms with Gasteiger partial charge in [-0.1, -0.05) is 30.3 Å². The fourth-order valence-corrected chi connectivity index (χ4v) is 1.43. The van der Waals surface area contributed by atoms with Gasteiger partial charge in [-0.15, -0.1) is 0 Å². The highest BCUT2D eigenvalue weighted by atomic mass is 16.5. The molecule has 0 fully saturated rings. The molecule has 0 unspecified atom stereocenters. The summed E-state index contributed by atoms with van der Waals surface area (Å²) in [6.07, 6.45) is 0.228. The average Bonchev–Trinajstić information content (AvgIpc) is 2.36. The first kappa shape index (κ1) is 14.4. The number of carbonyl (C=O) groups is 2. The van der Waals surface area contributed by atoms with E-state index in [-0.39, 0.29) is 24.7 Å². The van der Waals surface area contributed by atoms with Crippen molar-refractivity contribution in [2.75, 3.05) is 13.7 Å². The molecule has 0 radical (unpaired) electrons. The number of nitrogens with one attached hydrogen (secondary N) is 1. The lowest BCUT2D eigenvalue weighted by atomic mass is 10.0. The zero-order chi connectivity index (χ0) is 13.6. The number of hydrogen-bond donors (Lipinski definition) is 1. The van der Waals surface area contributed by atoms with Gasteiger partial charge in [0.1, 0.15) is 0 Å². The molecule has 0 aliphatic carbocycles. The number of benzene rings is 1. The Kier molecular flexibility index (Phi) is 5.04. The first-order valence-electron chi connectivity index (χ1n) is 5.85. The van der Waals surface area contributed by atoms with Crippen LogP contribution < -0.4 is 5.32 Å². The summed E-state index contributed by atoms with van der Waals surface area (Å²) in [7, 11) is 1.56. The maximum absolute atomic E-state index is 11.7. The van der Waals surface area contributed by atoms with Gasteiger partial charge in [-0.3, -0.25) is 9.59 Å². The molecule has 1 amide bonds. The number of ketones is 1. The summed E-state index contributed by atoms with van der Waals surface area (Å²) in [4.78, 5) is 23.3. The quantitative estimate of drug-likeness (QED) is 0.782. The van der Waals surface area contributed by atoms with Gasteiger partial charge in [0.05, 0.1) is 18.6 Å². The van der Waals surface area contributed by atoms with Gasteiger partial charge >= 0.3 is 0 Å². The third-order valence-corrected chi connectivity index (χ3v) is 2.68. The van der Waals surface area contributed by atoms with Gasteiger partial charge in [-0.25, -0.2) is 0 Å². The molecule has 4 nitrogen and oxygen atoms in total. The summed E-state index contributed by atoms with van der Waals surface area (Å²) >= 11 is 0. The van der Waals surface area contributed by atoms with E-state index >= 15 is 0 Å². The van der Waals surface area contributed by atoms with Crippen molar-refractivity contribution in [1.29, 1.82) is 0 Å². The molecule has 1 aromatic carbocycles. The van der Waals surface area contributed by atoms with Crippen molar-refractivity contribution in [3.63, 3.8) is 0 Å². The van der Waals surface area contributed by atoms with Crippen LogP contribution in [0, 0.1) is 0 Å². The highest BCUT2D eigenvalue weighted by Crippen LogP contribution is 2.12. The first-order valence-corrected chi connectivity index (χ1v) is 5.85. The third kappa shape index (κ3) is 4.67. The first-order chi connectivity index (χ1) is 8.44. The lowest BCUT2D eigenvalue weighted by molar-refractivity contribution is -0.125. The fraction of sp³-hybridized carbons (Fsp3) is 0.429. The minimum Gasteiger partial charge on any atom is -0.378 e. The van der Waals surface area contributed by atoms with E-state index in [9.17, 15) is 9.59 Å². The van der Waals surface area contributed by atoms with Crippen LogP contribution in [-0.2, 0) is 9.53 Å². The largest absolute Gasteiger partial charge is 0.378 e. The number of methoxy groups -OCH3 is 1. The van der Waals surface area contributed by atoms with Crippen LogP contribution in [0.1, 0.15) is 30.6 Å². The lowest BCUT2D eigenvalue weighted by Gasteiger charge is -2.21. The van der Waals surface area contributed by atoms with Gasteiger partial charge in [0.25, 0.3) is 0 Å². The molecule has 4 heteroatoms. The fourth-order valence-electron chi connectivity index (χ4n) is 1.43. The number of amides is 1. The maximum Gasteiger partial charge on any atom is 0.223 e. The van der Waals surface area contributed by atoms with Gasteiger partial charge in [0.15, 0.2) is 5.78 Å². The van der Waals surface area contributed by atoms with E-state index in [0.29, 0.717) is 5.56 Å². The third-order valence-electron chi connectivity index (χ3n) is 2.68. The standard InChI is InChI=1S/C14H19NO3/c1-14(2,18-3)9-13(17)15-10-12(16)11-7-5-4-6-8-11/h4-8H,9-10H2,1-3H3,(H,15,17). The summed E-state index contributed by atoms with van der Waals surface area (Å²) in [6, 6.07) is 8.89. The summed E-state index contributed by atoms with van der Waals surface area (Å²) in [6.45, 7) is 3.67. The Morgan fingerprint density at radius 3 is 2.39 bits per heavy atom. The van der Waals surface area contributed by atoms with Crippen molar-refractivity contribution in [2.24, 2.45) is 0 Å². The Morgan fingerprint density at radius 1 is 1.22 bits per heavy atom. The Bertz CT molecular complexity index is 412. The normalized spacial score (nSPS) is 11.1. The van der Waals surface area contributed by atoms with Crippen LogP contribution in [0.15, 0.2) is 30.3 Å². The van der Waals surface area contributed by atoms with Crippen LogP contribution in [0.3, 0.4) is 0 Å². The lowest BCUT2D eigenvalue weighted by Crippen LogP contribution is -2.36. The molecule has 0 saturated carbocycles. The molecule has 98 valence electrons. The molecule has 0 saturated heterocycles. The van der Waals surface area contributed by atoms with Crippen LogP contribution in [0.25, 0.3) is 0 Å². The second kappa shape index (κ2) is 6.31. The van der Waals surface area contributed by atoms with Crippen LogP contribution in [0.5, 0.6) is 0 Å². The smallest absolute Gasteiger partial charge is 0.223 e. The summed E-state index contributed by atoms with van der Waals surface area (Å²) < 4.78 is 5.15. The molecule has 0 bridgehead atoms. The molecule has 0 spiro atoms. The van der Waals surface area contributed by atoms with Crippen LogP contribution in [-0.4, -0.2) is 30.9 Å². The van der Waals surface area contributed by atoms with E-state index in [1.807, 2.05) is 19.9 Å². The molecule has 1 N–H and O–H groups in total. The molecule has 0 heterocycles. The minimum atomic E-state index is -0.514. The van der Waals surface area contributed by atoms with E-state index in [1.165, 1.54) is 0 Å². The SMILES string of the molecule is COC(C)(C)CC(=O)NCC(=O)c1ccccc1. The van der Waals surface area contributed by atoms with Gasteiger partial charge in [-0.05, 0) is 13.8 Å². The van der Waals surface area contributed by atoms with Crippen molar-refractivity contribution in [2.45, 2.75) is 25.9 Å². The van der Waals surface area contributed by atoms with Crippen molar-refractivity contribution in [3.8, 4) is 0 Å². The Labute approximate surface area is 107 Å². The zero-order valence-electron chi connectivity index (χ0n) is 11.0. The van der Waals surface area contributed by atoms with Crippen LogP contribution in [0.4, 0.5) is 0 Å². The highest BCUT2D eigenvalue weighted by Gasteiger charge is 2.21. The van der Waals surface area contributed by atoms with E-state index < -0.39 is 5.60 Å². The second-order valence-corrected chi connectivity index (χ2v) is 4.71. The maximum atomic E-state index is 11.7. The molecule has 18 heavy (non-hydrogen) atoms. The number of rotatable bonds is 6. The van der Waals surface area contributed by atoms with E-state index in [2.05, 4.69) is 5.32 Å². The minimum absolute atomic E-state index is 0.0165. The van der Waals surface area contributed by atoms with Gasteiger partial charge in [-0.2, -0.15) is 0 Å². The molecule has 0 aromatic heterocycles. The van der Waals surface area contributed by atoms with E-state index in [1.54, 1.807) is 31.4 Å². The van der Waals surface area contributed by atoms with Crippen molar-refractivity contribution in [1.82, 2.24) is 5.32 Å². The highest BCUT2D eigenvalue weighted by molar-refractivity contribution is 5.99. The molecule has 0 aliphatic rings. The number of carbonyl (C=O) groups excluding carboxylic acids is 2. The van der Waals surface area contributed by atoms with E-state index in [0.717, 1.165) is 0 Å². The summed E-state index contributed by atoms with van der Waals surface area (Å²) in [5.41, 5.74) is 0.0867. The molecular weight excluding hydrogens is 230 g/mol. The predicted octanol–water partition coefficient (Wildman–Crippen LogP) is 1.80. The topological polar surface area (TPSA) is 55.4 Å². The van der Waals surface area contributed by atoms with Crippen LogP contribution in [0.2, 0.25) is 0 Å². The Morgan fingerprint density at radius 2 is 1.83 bits per heavy atom. The predicted molar refractivity (Wildman–Crippen MR) is 69.5 cm³/mol. The van der Waals surface area contributed by atoms with Crippen LogP contribution >= 0.6 is 0 Å². The Balaban J connectivity index is 2.42. The van der Waals surface area contributed by atoms with Crippen molar-refractivity contribution >= 4 is 11.7 Å². The number of Topliss-reactive ketones (excluding diaryl/α,β-unsaturated/α-hetero) is 1. The van der Waals surface area contributed by atoms with Crippen molar-refractivity contribution < 1.29 is 14.3 Å². The van der Waals surface area contributed by atoms with E-state index in [4.69, 9.17) is 4.74 Å². The Hall–Kier alpha value is -1.68. The average molecular weight is 249 g/mol. The summed E-state index contributed by atoms with van der Waals surface area (Å²) in [5.74, 6) is -0.287. The molecule has 0 atom stereocenters. The van der Waals surface area contributed by atoms with Gasteiger partial charge in [0, 0.05) is 12.7 Å². The van der Waals surface area contributed by atoms with Gasteiger partial charge in [0.2, 0.25) is 5.91 Å². The van der Waals surface area contributed by atoms with Gasteiger partial charge < -0.3 is 10.1 Å². The second-order valence-electron chi connectivity index (χ2n) is 4.71. The summed E-state index contributed by atoms with van der Waals surface area (Å²) in [5, 5.41) is 2.60. The number of ether oxygens (including phenoxy) is 1. The molecule has 0 aliphatic heterocycles.